The maximum atomic E-state index is 12.1. The van der Waals surface area contributed by atoms with Gasteiger partial charge in [-0.25, -0.2) is 9.78 Å². The fourth-order valence-electron chi connectivity index (χ4n) is 2.90. The van der Waals surface area contributed by atoms with Gasteiger partial charge in [-0.15, -0.1) is 0 Å². The van der Waals surface area contributed by atoms with E-state index in [2.05, 4.69) is 20.5 Å². The molecule has 0 radical (unpaired) electrons. The minimum atomic E-state index is -0.335. The highest BCUT2D eigenvalue weighted by molar-refractivity contribution is 5.73. The van der Waals surface area contributed by atoms with E-state index in [0.29, 0.717) is 19.0 Å². The molecule has 2 N–H and O–H groups in total. The predicted octanol–water partition coefficient (Wildman–Crippen LogP) is 2.25. The molecular weight excluding hydrogens is 344 g/mol. The van der Waals surface area contributed by atoms with Crippen molar-refractivity contribution in [2.45, 2.75) is 19.3 Å². The Hall–Kier alpha value is -2.38. The quantitative estimate of drug-likeness (QED) is 0.779. The van der Waals surface area contributed by atoms with Gasteiger partial charge in [0.25, 0.3) is 0 Å². The van der Waals surface area contributed by atoms with Crippen LogP contribution in [0.3, 0.4) is 0 Å². The lowest BCUT2D eigenvalue weighted by molar-refractivity contribution is 0.0387. The van der Waals surface area contributed by atoms with E-state index in [1.807, 2.05) is 44.2 Å². The van der Waals surface area contributed by atoms with Crippen LogP contribution in [0.1, 0.15) is 19.5 Å². The predicted molar refractivity (Wildman–Crippen MR) is 104 cm³/mol. The lowest BCUT2D eigenvalue weighted by atomic mass is 9.90. The van der Waals surface area contributed by atoms with Crippen molar-refractivity contribution in [3.05, 3.63) is 42.3 Å². The molecule has 0 spiro atoms. The topological polar surface area (TPSA) is 79.6 Å². The minimum Gasteiger partial charge on any atom is -0.444 e. The van der Waals surface area contributed by atoms with Crippen LogP contribution in [-0.2, 0) is 10.2 Å². The largest absolute Gasteiger partial charge is 0.444 e. The smallest absolute Gasteiger partial charge is 0.314 e. The number of nitrogens with zero attached hydrogens (tertiary/aromatic N) is 2. The molecule has 7 nitrogen and oxygen atoms in total. The molecule has 1 aromatic carbocycles. The second kappa shape index (κ2) is 9.01. The molecule has 1 fully saturated rings. The summed E-state index contributed by atoms with van der Waals surface area (Å²) in [7, 11) is 0. The van der Waals surface area contributed by atoms with Crippen LogP contribution in [0.4, 0.5) is 4.79 Å². The number of ether oxygens (including phenoxy) is 1. The van der Waals surface area contributed by atoms with Crippen molar-refractivity contribution in [1.29, 1.82) is 0 Å². The first-order valence-corrected chi connectivity index (χ1v) is 9.38. The Labute approximate surface area is 160 Å². The highest BCUT2D eigenvalue weighted by Gasteiger charge is 2.26. The van der Waals surface area contributed by atoms with Gasteiger partial charge in [-0.3, -0.25) is 4.90 Å². The van der Waals surface area contributed by atoms with Crippen LogP contribution in [0.2, 0.25) is 0 Å². The highest BCUT2D eigenvalue weighted by atomic mass is 16.5. The average Bonchev–Trinajstić information content (AvgIpc) is 3.19. The van der Waals surface area contributed by atoms with Gasteiger partial charge in [-0.05, 0) is 12.1 Å². The number of benzene rings is 1. The molecule has 2 amide bonds. The van der Waals surface area contributed by atoms with Crippen molar-refractivity contribution in [2.75, 3.05) is 45.9 Å². The highest BCUT2D eigenvalue weighted by Crippen LogP contribution is 2.25. The number of morpholine rings is 1. The molecule has 1 aromatic heterocycles. The van der Waals surface area contributed by atoms with E-state index in [-0.39, 0.29) is 11.4 Å². The molecule has 2 aromatic rings. The summed E-state index contributed by atoms with van der Waals surface area (Å²) in [5, 5.41) is 5.84. The minimum absolute atomic E-state index is 0.164. The Morgan fingerprint density at radius 1 is 1.19 bits per heavy atom. The molecule has 2 heterocycles. The molecule has 3 rings (SSSR count). The van der Waals surface area contributed by atoms with Crippen molar-refractivity contribution in [3.63, 3.8) is 0 Å². The molecule has 0 bridgehead atoms. The Morgan fingerprint density at radius 2 is 1.93 bits per heavy atom. The molecule has 0 atom stereocenters. The SMILES string of the molecule is CC(C)(CNC(=O)NCCN1CCOCC1)c1coc(-c2ccccc2)n1. The Bertz CT molecular complexity index is 724. The van der Waals surface area contributed by atoms with Crippen LogP contribution in [0, 0.1) is 0 Å². The second-order valence-corrected chi connectivity index (χ2v) is 7.35. The summed E-state index contributed by atoms with van der Waals surface area (Å²) in [6.45, 7) is 9.38. The van der Waals surface area contributed by atoms with Gasteiger partial charge < -0.3 is 19.8 Å². The summed E-state index contributed by atoms with van der Waals surface area (Å²) in [5.74, 6) is 0.591. The van der Waals surface area contributed by atoms with E-state index < -0.39 is 0 Å². The molecule has 0 unspecified atom stereocenters. The molecule has 0 saturated carbocycles. The van der Waals surface area contributed by atoms with E-state index in [1.165, 1.54) is 0 Å². The van der Waals surface area contributed by atoms with Gasteiger partial charge in [-0.2, -0.15) is 0 Å². The number of hydrogen-bond donors (Lipinski definition) is 2. The summed E-state index contributed by atoms with van der Waals surface area (Å²) in [6, 6.07) is 9.62. The Balaban J connectivity index is 1.45. The summed E-state index contributed by atoms with van der Waals surface area (Å²) in [5.41, 5.74) is 1.42. The van der Waals surface area contributed by atoms with Crippen molar-refractivity contribution in [3.8, 4) is 11.5 Å². The van der Waals surface area contributed by atoms with Crippen LogP contribution in [0.5, 0.6) is 0 Å². The number of carbonyl (C=O) groups is 1. The number of urea groups is 1. The van der Waals surface area contributed by atoms with Gasteiger partial charge in [0.05, 0.1) is 18.9 Å². The summed E-state index contributed by atoms with van der Waals surface area (Å²) in [4.78, 5) is 19.0. The lowest BCUT2D eigenvalue weighted by Gasteiger charge is -2.26. The van der Waals surface area contributed by atoms with E-state index in [4.69, 9.17) is 9.15 Å². The first kappa shape index (κ1) is 19.4. The lowest BCUT2D eigenvalue weighted by Crippen LogP contribution is -2.46. The first-order chi connectivity index (χ1) is 13.0. The van der Waals surface area contributed by atoms with Gasteiger partial charge in [-0.1, -0.05) is 32.0 Å². The maximum Gasteiger partial charge on any atom is 0.314 e. The normalized spacial score (nSPS) is 15.5. The van der Waals surface area contributed by atoms with Gasteiger partial charge in [0.15, 0.2) is 0 Å². The third kappa shape index (κ3) is 5.55. The van der Waals surface area contributed by atoms with Crippen LogP contribution in [0.25, 0.3) is 11.5 Å². The third-order valence-corrected chi connectivity index (χ3v) is 4.73. The molecule has 146 valence electrons. The number of carbonyl (C=O) groups excluding carboxylic acids is 1. The van der Waals surface area contributed by atoms with E-state index in [9.17, 15) is 4.79 Å². The van der Waals surface area contributed by atoms with Crippen molar-refractivity contribution >= 4 is 6.03 Å². The number of rotatable bonds is 7. The monoisotopic (exact) mass is 372 g/mol. The first-order valence-electron chi connectivity index (χ1n) is 9.38. The molecule has 1 aliphatic rings. The fourth-order valence-corrected chi connectivity index (χ4v) is 2.90. The number of hydrogen-bond acceptors (Lipinski definition) is 5. The van der Waals surface area contributed by atoms with Gasteiger partial charge >= 0.3 is 6.03 Å². The number of nitrogens with one attached hydrogen (secondary N) is 2. The maximum absolute atomic E-state index is 12.1. The van der Waals surface area contributed by atoms with E-state index in [1.54, 1.807) is 6.26 Å². The molecule has 27 heavy (non-hydrogen) atoms. The third-order valence-electron chi connectivity index (χ3n) is 4.73. The molecular formula is C20H28N4O3. The van der Waals surface area contributed by atoms with Crippen molar-refractivity contribution in [1.82, 2.24) is 20.5 Å². The van der Waals surface area contributed by atoms with Gasteiger partial charge in [0.2, 0.25) is 5.89 Å². The summed E-state index contributed by atoms with van der Waals surface area (Å²) < 4.78 is 10.9. The number of oxazole rings is 1. The Morgan fingerprint density at radius 3 is 2.67 bits per heavy atom. The van der Waals surface area contributed by atoms with Crippen LogP contribution in [-0.4, -0.2) is 61.9 Å². The standard InChI is InChI=1S/C20H28N4O3/c1-20(2,17-14-27-18(23-17)16-6-4-3-5-7-16)15-22-19(25)21-8-9-24-10-12-26-13-11-24/h3-7,14H,8-13,15H2,1-2H3,(H2,21,22,25). The average molecular weight is 372 g/mol. The molecule has 1 aliphatic heterocycles. The number of amides is 2. The van der Waals surface area contributed by atoms with Crippen LogP contribution >= 0.6 is 0 Å². The molecule has 0 aliphatic carbocycles. The van der Waals surface area contributed by atoms with E-state index >= 15 is 0 Å². The van der Waals surface area contributed by atoms with Crippen molar-refractivity contribution < 1.29 is 13.9 Å². The Kier molecular flexibility index (Phi) is 6.47. The van der Waals surface area contributed by atoms with Crippen LogP contribution in [0.15, 0.2) is 41.0 Å². The fraction of sp³-hybridized carbons (Fsp3) is 0.500. The summed E-state index contributed by atoms with van der Waals surface area (Å²) >= 11 is 0. The van der Waals surface area contributed by atoms with Gasteiger partial charge in [0, 0.05) is 43.7 Å². The second-order valence-electron chi connectivity index (χ2n) is 7.35. The molecule has 7 heteroatoms. The number of aromatic nitrogens is 1. The van der Waals surface area contributed by atoms with Crippen molar-refractivity contribution in [2.24, 2.45) is 0 Å². The zero-order valence-electron chi connectivity index (χ0n) is 16.0. The summed E-state index contributed by atoms with van der Waals surface area (Å²) in [6.07, 6.45) is 1.67. The molecule has 1 saturated heterocycles. The zero-order valence-corrected chi connectivity index (χ0v) is 16.0. The van der Waals surface area contributed by atoms with Crippen LogP contribution < -0.4 is 10.6 Å². The zero-order chi connectivity index (χ0) is 19.1. The van der Waals surface area contributed by atoms with Gasteiger partial charge in [0.1, 0.15) is 6.26 Å². The van der Waals surface area contributed by atoms with E-state index in [0.717, 1.165) is 44.1 Å².